The number of hydrogen-bond acceptors (Lipinski definition) is 3. The smallest absolute Gasteiger partial charge is 0.254 e. The molecule has 2 aliphatic rings. The molecule has 2 aliphatic heterocycles. The van der Waals surface area contributed by atoms with Crippen LogP contribution in [0.1, 0.15) is 28.8 Å². The number of nitrogens with one attached hydrogen (secondary N) is 1. The van der Waals surface area contributed by atoms with Crippen molar-refractivity contribution in [1.82, 2.24) is 9.21 Å². The van der Waals surface area contributed by atoms with Crippen LogP contribution in [0.5, 0.6) is 0 Å². The lowest BCUT2D eigenvalue weighted by Crippen LogP contribution is -3.12. The number of sulfonamides is 1. The molecule has 6 nitrogen and oxygen atoms in total. The van der Waals surface area contributed by atoms with Crippen molar-refractivity contribution in [3.63, 3.8) is 0 Å². The number of carbonyl (C=O) groups excluding carboxylic acids is 1. The Morgan fingerprint density at radius 1 is 1.08 bits per heavy atom. The number of nitrogens with zero attached hydrogens (tertiary/aromatic N) is 2. The van der Waals surface area contributed by atoms with E-state index in [1.54, 1.807) is 25.1 Å². The third-order valence-electron chi connectivity index (χ3n) is 5.02. The van der Waals surface area contributed by atoms with E-state index in [4.69, 9.17) is 0 Å². The van der Waals surface area contributed by atoms with Gasteiger partial charge in [-0.25, -0.2) is 8.42 Å². The Morgan fingerprint density at radius 2 is 1.71 bits per heavy atom. The maximum atomic E-state index is 12.8. The molecule has 1 aromatic rings. The molecule has 7 heteroatoms. The summed E-state index contributed by atoms with van der Waals surface area (Å²) in [5, 5.41) is 0. The lowest BCUT2D eigenvalue weighted by molar-refractivity contribution is -0.883. The van der Waals surface area contributed by atoms with Gasteiger partial charge >= 0.3 is 0 Å². The second kappa shape index (κ2) is 6.82. The highest BCUT2D eigenvalue weighted by Crippen LogP contribution is 2.25. The topological polar surface area (TPSA) is 62.1 Å². The number of aryl methyl sites for hydroxylation is 1. The Morgan fingerprint density at radius 3 is 2.33 bits per heavy atom. The number of quaternary nitrogens is 1. The third-order valence-corrected chi connectivity index (χ3v) is 7.06. The highest BCUT2D eigenvalue weighted by Gasteiger charge is 2.30. The summed E-state index contributed by atoms with van der Waals surface area (Å²) < 4.78 is 27.2. The normalized spacial score (nSPS) is 20.5. The molecule has 132 valence electrons. The highest BCUT2D eigenvalue weighted by atomic mass is 32.2. The molecule has 3 rings (SSSR count). The van der Waals surface area contributed by atoms with Gasteiger partial charge in [0, 0.05) is 18.7 Å². The molecular weight excluding hydrogens is 326 g/mol. The van der Waals surface area contributed by atoms with Crippen LogP contribution in [-0.4, -0.2) is 69.8 Å². The molecule has 0 unspecified atom stereocenters. The summed E-state index contributed by atoms with van der Waals surface area (Å²) in [6, 6.07) is 5.06. The van der Waals surface area contributed by atoms with Gasteiger partial charge in [-0.1, -0.05) is 6.07 Å². The Bertz CT molecular complexity index is 719. The fourth-order valence-corrected chi connectivity index (χ4v) is 5.12. The summed E-state index contributed by atoms with van der Waals surface area (Å²) in [6.07, 6.45) is 1.81. The van der Waals surface area contributed by atoms with Crippen molar-refractivity contribution in [1.29, 1.82) is 0 Å². The number of amides is 1. The second-order valence-electron chi connectivity index (χ2n) is 6.84. The SMILES string of the molecule is Cc1ccc(C(=O)N2CC[NH+](C)CC2)cc1S(=O)(=O)N1CCCC1. The minimum absolute atomic E-state index is 0.0691. The predicted molar refractivity (Wildman–Crippen MR) is 91.7 cm³/mol. The molecule has 1 amide bonds. The van der Waals surface area contributed by atoms with Gasteiger partial charge in [0.05, 0.1) is 38.1 Å². The Labute approximate surface area is 144 Å². The molecule has 24 heavy (non-hydrogen) atoms. The Kier molecular flexibility index (Phi) is 4.94. The predicted octanol–water partition coefficient (Wildman–Crippen LogP) is -0.250. The average molecular weight is 352 g/mol. The van der Waals surface area contributed by atoms with E-state index in [-0.39, 0.29) is 10.8 Å². The van der Waals surface area contributed by atoms with Crippen LogP contribution in [0, 0.1) is 6.92 Å². The summed E-state index contributed by atoms with van der Waals surface area (Å²) in [6.45, 7) is 6.21. The van der Waals surface area contributed by atoms with Crippen LogP contribution in [0.25, 0.3) is 0 Å². The monoisotopic (exact) mass is 352 g/mol. The number of piperazine rings is 1. The average Bonchev–Trinajstić information content (AvgIpc) is 3.10. The lowest BCUT2D eigenvalue weighted by Gasteiger charge is -2.30. The van der Waals surface area contributed by atoms with E-state index < -0.39 is 10.0 Å². The van der Waals surface area contributed by atoms with Crippen LogP contribution < -0.4 is 4.90 Å². The summed E-state index contributed by atoms with van der Waals surface area (Å²) in [5.74, 6) is -0.0691. The van der Waals surface area contributed by atoms with E-state index in [0.29, 0.717) is 37.3 Å². The number of carbonyl (C=O) groups is 1. The van der Waals surface area contributed by atoms with E-state index in [1.165, 1.54) is 9.21 Å². The van der Waals surface area contributed by atoms with Gasteiger partial charge in [-0.15, -0.1) is 0 Å². The number of benzene rings is 1. The van der Waals surface area contributed by atoms with Crippen molar-refractivity contribution >= 4 is 15.9 Å². The maximum Gasteiger partial charge on any atom is 0.254 e. The van der Waals surface area contributed by atoms with Crippen LogP contribution in [0.2, 0.25) is 0 Å². The largest absolute Gasteiger partial charge is 0.334 e. The molecule has 1 N–H and O–H groups in total. The molecular formula is C17H26N3O3S+. The first kappa shape index (κ1) is 17.4. The summed E-state index contributed by atoms with van der Waals surface area (Å²) in [7, 11) is -1.39. The van der Waals surface area contributed by atoms with Crippen LogP contribution in [-0.2, 0) is 10.0 Å². The fraction of sp³-hybridized carbons (Fsp3) is 0.588. The molecule has 0 saturated carbocycles. The Balaban J connectivity index is 1.87. The molecule has 0 atom stereocenters. The number of hydrogen-bond donors (Lipinski definition) is 1. The highest BCUT2D eigenvalue weighted by molar-refractivity contribution is 7.89. The van der Waals surface area contributed by atoms with E-state index >= 15 is 0 Å². The minimum atomic E-state index is -3.51. The second-order valence-corrected chi connectivity index (χ2v) is 8.75. The molecule has 0 spiro atoms. The number of likely N-dealkylation sites (N-methyl/N-ethyl adjacent to an activating group) is 1. The van der Waals surface area contributed by atoms with Gasteiger partial charge in [-0.2, -0.15) is 4.31 Å². The summed E-state index contributed by atoms with van der Waals surface area (Å²) in [5.41, 5.74) is 1.17. The van der Waals surface area contributed by atoms with Gasteiger partial charge in [0.2, 0.25) is 10.0 Å². The van der Waals surface area contributed by atoms with E-state index in [1.807, 2.05) is 4.90 Å². The van der Waals surface area contributed by atoms with Gasteiger partial charge < -0.3 is 9.80 Å². The van der Waals surface area contributed by atoms with Crippen LogP contribution in [0.15, 0.2) is 23.1 Å². The van der Waals surface area contributed by atoms with Crippen molar-refractivity contribution in [3.05, 3.63) is 29.3 Å². The summed E-state index contributed by atoms with van der Waals surface area (Å²) in [4.78, 5) is 16.2. The zero-order valence-corrected chi connectivity index (χ0v) is 15.2. The molecule has 0 aliphatic carbocycles. The van der Waals surface area contributed by atoms with E-state index in [9.17, 15) is 13.2 Å². The molecule has 0 radical (unpaired) electrons. The zero-order valence-electron chi connectivity index (χ0n) is 14.4. The maximum absolute atomic E-state index is 12.8. The van der Waals surface area contributed by atoms with E-state index in [2.05, 4.69) is 7.05 Å². The van der Waals surface area contributed by atoms with Gasteiger partial charge in [0.15, 0.2) is 0 Å². The van der Waals surface area contributed by atoms with E-state index in [0.717, 1.165) is 25.9 Å². The molecule has 1 aromatic carbocycles. The van der Waals surface area contributed by atoms with Crippen molar-refractivity contribution in [3.8, 4) is 0 Å². The van der Waals surface area contributed by atoms with Gasteiger partial charge in [-0.05, 0) is 37.5 Å². The first-order valence-electron chi connectivity index (χ1n) is 8.61. The lowest BCUT2D eigenvalue weighted by atomic mass is 10.1. The van der Waals surface area contributed by atoms with Crippen molar-refractivity contribution < 1.29 is 18.1 Å². The minimum Gasteiger partial charge on any atom is -0.334 e. The standard InChI is InChI=1S/C17H25N3O3S/c1-14-5-6-15(17(21)19-11-9-18(2)10-12-19)13-16(14)24(22,23)20-7-3-4-8-20/h5-6,13H,3-4,7-12H2,1-2H3/p+1. The van der Waals surface area contributed by atoms with Gasteiger partial charge in [-0.3, -0.25) is 4.79 Å². The fourth-order valence-electron chi connectivity index (χ4n) is 3.35. The van der Waals surface area contributed by atoms with Gasteiger partial charge in [0.1, 0.15) is 0 Å². The quantitative estimate of drug-likeness (QED) is 0.816. The zero-order chi connectivity index (χ0) is 17.3. The van der Waals surface area contributed by atoms with Gasteiger partial charge in [0.25, 0.3) is 5.91 Å². The van der Waals surface area contributed by atoms with Crippen LogP contribution >= 0.6 is 0 Å². The van der Waals surface area contributed by atoms with Crippen LogP contribution in [0.3, 0.4) is 0 Å². The van der Waals surface area contributed by atoms with Crippen LogP contribution in [0.4, 0.5) is 0 Å². The molecule has 0 aromatic heterocycles. The number of rotatable bonds is 3. The summed E-state index contributed by atoms with van der Waals surface area (Å²) >= 11 is 0. The van der Waals surface area contributed by atoms with Crippen molar-refractivity contribution in [2.45, 2.75) is 24.7 Å². The molecule has 2 fully saturated rings. The van der Waals surface area contributed by atoms with Crippen molar-refractivity contribution in [2.75, 3.05) is 46.3 Å². The Hall–Kier alpha value is -1.44. The third kappa shape index (κ3) is 3.34. The molecule has 2 heterocycles. The first-order valence-corrected chi connectivity index (χ1v) is 10.0. The first-order chi connectivity index (χ1) is 11.4. The van der Waals surface area contributed by atoms with Crippen molar-refractivity contribution in [2.24, 2.45) is 0 Å². The molecule has 2 saturated heterocycles. The molecule has 0 bridgehead atoms.